The lowest BCUT2D eigenvalue weighted by Crippen LogP contribution is -2.26. The molecule has 1 atom stereocenters. The molecule has 3 N–H and O–H groups in total. The molecule has 1 heterocycles. The van der Waals surface area contributed by atoms with Gasteiger partial charge in [0.05, 0.1) is 12.1 Å². The van der Waals surface area contributed by atoms with Crippen molar-refractivity contribution in [3.05, 3.63) is 70.5 Å². The van der Waals surface area contributed by atoms with E-state index >= 15 is 0 Å². The Labute approximate surface area is 146 Å². The van der Waals surface area contributed by atoms with Gasteiger partial charge in [-0.15, -0.1) is 0 Å². The lowest BCUT2D eigenvalue weighted by Gasteiger charge is -2.15. The fourth-order valence-electron chi connectivity index (χ4n) is 2.85. The molecule has 1 aromatic heterocycles. The van der Waals surface area contributed by atoms with Gasteiger partial charge in [0.25, 0.3) is 5.56 Å². The van der Waals surface area contributed by atoms with Crippen LogP contribution in [0.15, 0.2) is 64.4 Å². The Morgan fingerprint density at radius 2 is 1.80 bits per heavy atom. The Kier molecular flexibility index (Phi) is 4.67. The molecule has 0 amide bonds. The van der Waals surface area contributed by atoms with Gasteiger partial charge in [-0.3, -0.25) is 14.4 Å². The first-order valence-corrected chi connectivity index (χ1v) is 8.20. The number of fused-ring (bicyclic) bond motifs is 1. The van der Waals surface area contributed by atoms with Crippen LogP contribution in [-0.4, -0.2) is 28.0 Å². The number of rotatable bonds is 4. The predicted octanol–water partition coefficient (Wildman–Crippen LogP) is 2.85. The highest BCUT2D eigenvalue weighted by molar-refractivity contribution is 6.05. The second-order valence-electron chi connectivity index (χ2n) is 6.12. The van der Waals surface area contributed by atoms with Crippen molar-refractivity contribution in [2.45, 2.75) is 19.9 Å². The van der Waals surface area contributed by atoms with Gasteiger partial charge < -0.3 is 10.8 Å². The summed E-state index contributed by atoms with van der Waals surface area (Å²) in [4.78, 5) is 17.6. The zero-order valence-electron chi connectivity index (χ0n) is 14.3. The summed E-state index contributed by atoms with van der Waals surface area (Å²) in [6.07, 6.45) is 0. The van der Waals surface area contributed by atoms with Crippen LogP contribution in [0.5, 0.6) is 5.75 Å². The molecule has 0 aliphatic carbocycles. The fourth-order valence-corrected chi connectivity index (χ4v) is 2.85. The van der Waals surface area contributed by atoms with E-state index in [4.69, 9.17) is 5.73 Å². The lowest BCUT2D eigenvalue weighted by atomic mass is 10.1. The monoisotopic (exact) mass is 335 g/mol. The Balaban J connectivity index is 2.36. The van der Waals surface area contributed by atoms with Crippen LogP contribution in [0.1, 0.15) is 19.4 Å². The van der Waals surface area contributed by atoms with Crippen LogP contribution in [0.4, 0.5) is 0 Å². The number of nitrogens with two attached hydrogens (primary N) is 1. The van der Waals surface area contributed by atoms with Gasteiger partial charge in [-0.05, 0) is 38.1 Å². The average Bonchev–Trinajstić information content (AvgIpc) is 2.61. The number of pyridine rings is 1. The van der Waals surface area contributed by atoms with Crippen LogP contribution in [0.25, 0.3) is 16.6 Å². The number of hydrogen-bond acceptors (Lipinski definition) is 4. The zero-order chi connectivity index (χ0) is 18.0. The first kappa shape index (κ1) is 16.9. The SMILES string of the molecule is CC(=NC[C@H](C)N)c1c(O)c2ccccc2n(-c2ccccc2)c1=O. The van der Waals surface area contributed by atoms with Crippen molar-refractivity contribution in [1.29, 1.82) is 0 Å². The third-order valence-corrected chi connectivity index (χ3v) is 4.05. The number of hydrogen-bond donors (Lipinski definition) is 2. The molecule has 128 valence electrons. The fraction of sp³-hybridized carbons (Fsp3) is 0.200. The van der Waals surface area contributed by atoms with Crippen LogP contribution in [0, 0.1) is 0 Å². The van der Waals surface area contributed by atoms with E-state index in [9.17, 15) is 9.90 Å². The maximum absolute atomic E-state index is 13.2. The lowest BCUT2D eigenvalue weighted by molar-refractivity contribution is 0.478. The van der Waals surface area contributed by atoms with Gasteiger partial charge in [0, 0.05) is 22.8 Å². The molecule has 3 rings (SSSR count). The van der Waals surface area contributed by atoms with Gasteiger partial charge in [-0.2, -0.15) is 0 Å². The molecule has 0 fully saturated rings. The summed E-state index contributed by atoms with van der Waals surface area (Å²) >= 11 is 0. The van der Waals surface area contributed by atoms with Crippen LogP contribution in [0.2, 0.25) is 0 Å². The minimum Gasteiger partial charge on any atom is -0.506 e. The first-order chi connectivity index (χ1) is 12.0. The van der Waals surface area contributed by atoms with Crippen LogP contribution in [-0.2, 0) is 0 Å². The standard InChI is InChI=1S/C20H21N3O2/c1-13(21)12-22-14(2)18-19(24)16-10-6-7-11-17(16)23(20(18)25)15-8-4-3-5-9-15/h3-11,13,24H,12,21H2,1-2H3/t13-/m0/s1. The van der Waals surface area contributed by atoms with E-state index in [-0.39, 0.29) is 22.9 Å². The molecule has 0 aliphatic rings. The van der Waals surface area contributed by atoms with Crippen molar-refractivity contribution in [3.8, 4) is 11.4 Å². The molecule has 0 aliphatic heterocycles. The summed E-state index contributed by atoms with van der Waals surface area (Å²) in [7, 11) is 0. The Morgan fingerprint density at radius 1 is 1.16 bits per heavy atom. The van der Waals surface area contributed by atoms with E-state index in [1.54, 1.807) is 17.6 Å². The molecule has 0 saturated heterocycles. The predicted molar refractivity (Wildman–Crippen MR) is 102 cm³/mol. The number of nitrogens with zero attached hydrogens (tertiary/aromatic N) is 2. The minimum atomic E-state index is -0.298. The molecule has 2 aromatic carbocycles. The van der Waals surface area contributed by atoms with E-state index in [0.717, 1.165) is 5.69 Å². The van der Waals surface area contributed by atoms with Gasteiger partial charge >= 0.3 is 0 Å². The zero-order valence-corrected chi connectivity index (χ0v) is 14.3. The summed E-state index contributed by atoms with van der Waals surface area (Å²) < 4.78 is 1.61. The highest BCUT2D eigenvalue weighted by Crippen LogP contribution is 2.28. The maximum Gasteiger partial charge on any atom is 0.268 e. The van der Waals surface area contributed by atoms with Crippen molar-refractivity contribution >= 4 is 16.6 Å². The van der Waals surface area contributed by atoms with Gasteiger partial charge in [-0.1, -0.05) is 30.3 Å². The quantitative estimate of drug-likeness (QED) is 0.719. The highest BCUT2D eigenvalue weighted by Gasteiger charge is 2.19. The highest BCUT2D eigenvalue weighted by atomic mass is 16.3. The topological polar surface area (TPSA) is 80.6 Å². The van der Waals surface area contributed by atoms with Crippen LogP contribution in [0.3, 0.4) is 0 Å². The minimum absolute atomic E-state index is 0.0429. The summed E-state index contributed by atoms with van der Waals surface area (Å²) in [5.41, 5.74) is 7.54. The molecule has 5 nitrogen and oxygen atoms in total. The summed E-state index contributed by atoms with van der Waals surface area (Å²) in [5.74, 6) is -0.0429. The molecule has 0 radical (unpaired) electrons. The smallest absolute Gasteiger partial charge is 0.268 e. The van der Waals surface area contributed by atoms with Crippen molar-refractivity contribution in [3.63, 3.8) is 0 Å². The number of para-hydroxylation sites is 2. The van der Waals surface area contributed by atoms with Gasteiger partial charge in [0.15, 0.2) is 0 Å². The van der Waals surface area contributed by atoms with E-state index in [1.807, 2.05) is 55.5 Å². The Hall–Kier alpha value is -2.92. The summed E-state index contributed by atoms with van der Waals surface area (Å²) in [6.45, 7) is 3.96. The van der Waals surface area contributed by atoms with Crippen molar-refractivity contribution in [1.82, 2.24) is 4.57 Å². The second kappa shape index (κ2) is 6.91. The molecule has 0 saturated carbocycles. The van der Waals surface area contributed by atoms with Crippen LogP contribution < -0.4 is 11.3 Å². The summed E-state index contributed by atoms with van der Waals surface area (Å²) in [5, 5.41) is 11.3. The Morgan fingerprint density at radius 3 is 2.48 bits per heavy atom. The van der Waals surface area contributed by atoms with E-state index < -0.39 is 0 Å². The van der Waals surface area contributed by atoms with E-state index in [1.165, 1.54) is 0 Å². The van der Waals surface area contributed by atoms with E-state index in [0.29, 0.717) is 23.2 Å². The molecule has 25 heavy (non-hydrogen) atoms. The third-order valence-electron chi connectivity index (χ3n) is 4.05. The maximum atomic E-state index is 13.2. The average molecular weight is 335 g/mol. The summed E-state index contributed by atoms with van der Waals surface area (Å²) in [6, 6.07) is 16.6. The molecule has 0 unspecified atom stereocenters. The largest absolute Gasteiger partial charge is 0.506 e. The number of aromatic nitrogens is 1. The molecular formula is C20H21N3O2. The molecule has 0 bridgehead atoms. The van der Waals surface area contributed by atoms with Crippen molar-refractivity contribution < 1.29 is 5.11 Å². The molecule has 3 aromatic rings. The van der Waals surface area contributed by atoms with Gasteiger partial charge in [0.1, 0.15) is 11.3 Å². The molecular weight excluding hydrogens is 314 g/mol. The van der Waals surface area contributed by atoms with Crippen molar-refractivity contribution in [2.75, 3.05) is 6.54 Å². The number of benzene rings is 2. The van der Waals surface area contributed by atoms with Crippen LogP contribution >= 0.6 is 0 Å². The molecule has 5 heteroatoms. The second-order valence-corrected chi connectivity index (χ2v) is 6.12. The van der Waals surface area contributed by atoms with Gasteiger partial charge in [-0.25, -0.2) is 0 Å². The Bertz CT molecular complexity index is 989. The van der Waals surface area contributed by atoms with Crippen molar-refractivity contribution in [2.24, 2.45) is 10.7 Å². The third kappa shape index (κ3) is 3.19. The molecule has 0 spiro atoms. The number of aliphatic imine (C=N–C) groups is 1. The number of aromatic hydroxyl groups is 1. The van der Waals surface area contributed by atoms with Gasteiger partial charge in [0.2, 0.25) is 0 Å². The first-order valence-electron chi connectivity index (χ1n) is 8.20. The van der Waals surface area contributed by atoms with E-state index in [2.05, 4.69) is 4.99 Å². The normalized spacial score (nSPS) is 13.2.